The first-order valence-corrected chi connectivity index (χ1v) is 6.65. The Kier molecular flexibility index (Phi) is 9.57. The van der Waals surface area contributed by atoms with Gasteiger partial charge in [-0.05, 0) is 13.8 Å². The molecule has 0 fully saturated rings. The molecule has 19 heavy (non-hydrogen) atoms. The highest BCUT2D eigenvalue weighted by Gasteiger charge is 2.16. The Bertz CT molecular complexity index is 277. The molecule has 0 saturated heterocycles. The Hall–Kier alpha value is -1.52. The van der Waals surface area contributed by atoms with E-state index in [1.807, 2.05) is 27.7 Å². The minimum Gasteiger partial charge on any atom is -0.491 e. The molecule has 5 nitrogen and oxygen atoms in total. The van der Waals surface area contributed by atoms with Crippen LogP contribution in [-0.4, -0.2) is 27.4 Å². The summed E-state index contributed by atoms with van der Waals surface area (Å²) < 4.78 is 27.0. The van der Waals surface area contributed by atoms with Crippen molar-refractivity contribution in [2.24, 2.45) is 0 Å². The van der Waals surface area contributed by atoms with Crippen LogP contribution < -0.4 is 0 Å². The van der Waals surface area contributed by atoms with E-state index in [9.17, 15) is 0 Å². The van der Waals surface area contributed by atoms with Crippen LogP contribution in [-0.2, 0) is 23.7 Å². The molecule has 0 bridgehead atoms. The van der Waals surface area contributed by atoms with Gasteiger partial charge >= 0.3 is 11.9 Å². The lowest BCUT2D eigenvalue weighted by molar-refractivity contribution is -0.00688. The lowest BCUT2D eigenvalue weighted by Gasteiger charge is -2.17. The van der Waals surface area contributed by atoms with Crippen molar-refractivity contribution in [2.75, 3.05) is 27.4 Å². The fourth-order valence-electron chi connectivity index (χ4n) is 1.47. The van der Waals surface area contributed by atoms with Crippen LogP contribution in [0.2, 0.25) is 0 Å². The first-order chi connectivity index (χ1) is 9.18. The summed E-state index contributed by atoms with van der Waals surface area (Å²) in [5, 5.41) is 0. The minimum atomic E-state index is 0.298. The second kappa shape index (κ2) is 10.4. The van der Waals surface area contributed by atoms with Crippen molar-refractivity contribution in [3.8, 4) is 0 Å². The maximum absolute atomic E-state index is 5.62. The average Bonchev–Trinajstić information content (AvgIpc) is 2.44. The van der Waals surface area contributed by atoms with Crippen molar-refractivity contribution in [2.45, 2.75) is 40.5 Å². The van der Waals surface area contributed by atoms with Crippen LogP contribution in [0.5, 0.6) is 0 Å². The zero-order valence-electron chi connectivity index (χ0n) is 12.9. The van der Waals surface area contributed by atoms with Gasteiger partial charge in [-0.25, -0.2) is 0 Å². The topological polar surface area (TPSA) is 46.2 Å². The van der Waals surface area contributed by atoms with E-state index in [0.29, 0.717) is 49.5 Å². The van der Waals surface area contributed by atoms with E-state index in [1.54, 1.807) is 0 Å². The second-order valence-electron chi connectivity index (χ2n) is 3.50. The number of hydrogen-bond donors (Lipinski definition) is 0. The molecule has 0 atom stereocenters. The molecule has 0 aliphatic rings. The van der Waals surface area contributed by atoms with Gasteiger partial charge in [0.25, 0.3) is 0 Å². The molecule has 112 valence electrons. The van der Waals surface area contributed by atoms with Gasteiger partial charge in [0.2, 0.25) is 0 Å². The molecular formula is C14H26O5. The van der Waals surface area contributed by atoms with Gasteiger partial charge in [0.15, 0.2) is 11.5 Å². The summed E-state index contributed by atoms with van der Waals surface area (Å²) in [4.78, 5) is 0. The molecular weight excluding hydrogens is 248 g/mol. The fourth-order valence-corrected chi connectivity index (χ4v) is 1.47. The molecule has 0 spiro atoms. The monoisotopic (exact) mass is 274 g/mol. The molecule has 5 heteroatoms. The third kappa shape index (κ3) is 5.77. The second-order valence-corrected chi connectivity index (χ2v) is 3.50. The van der Waals surface area contributed by atoms with Crippen molar-refractivity contribution in [3.05, 3.63) is 23.4 Å². The summed E-state index contributed by atoms with van der Waals surface area (Å²) in [7, 11) is 3.06. The largest absolute Gasteiger partial charge is 0.491 e. The molecule has 0 heterocycles. The molecule has 0 aromatic rings. The fraction of sp³-hybridized carbons (Fsp3) is 0.714. The van der Waals surface area contributed by atoms with Crippen LogP contribution in [0.1, 0.15) is 40.5 Å². The average molecular weight is 274 g/mol. The van der Waals surface area contributed by atoms with Gasteiger partial charge in [0.05, 0.1) is 27.4 Å². The van der Waals surface area contributed by atoms with Crippen LogP contribution in [0.3, 0.4) is 0 Å². The summed E-state index contributed by atoms with van der Waals surface area (Å²) >= 11 is 0. The Labute approximate surface area is 116 Å². The highest BCUT2D eigenvalue weighted by molar-refractivity contribution is 5.01. The third-order valence-electron chi connectivity index (χ3n) is 2.29. The molecule has 0 aliphatic carbocycles. The molecule has 0 N–H and O–H groups in total. The molecule has 0 amide bonds. The van der Waals surface area contributed by atoms with Gasteiger partial charge in [-0.2, -0.15) is 0 Å². The first kappa shape index (κ1) is 17.5. The number of rotatable bonds is 10. The van der Waals surface area contributed by atoms with Gasteiger partial charge in [-0.15, -0.1) is 0 Å². The molecule has 0 aromatic heterocycles. The maximum Gasteiger partial charge on any atom is 0.326 e. The lowest BCUT2D eigenvalue weighted by Crippen LogP contribution is -2.07. The molecule has 0 unspecified atom stereocenters. The van der Waals surface area contributed by atoms with Crippen LogP contribution >= 0.6 is 0 Å². The van der Waals surface area contributed by atoms with Gasteiger partial charge in [-0.1, -0.05) is 13.8 Å². The standard InChI is InChI=1S/C14H26O5/c1-7-11(17-9-3)13(15-5)19-14(16-6)12(8-2)18-10-4/h7-10H2,1-6H3/b13-11+,14-12+. The summed E-state index contributed by atoms with van der Waals surface area (Å²) in [5.74, 6) is 1.89. The third-order valence-corrected chi connectivity index (χ3v) is 2.29. The number of ether oxygens (including phenoxy) is 5. The Morgan fingerprint density at radius 3 is 1.26 bits per heavy atom. The SMILES string of the molecule is CCO/C(CC)=C(\OC)O/C(OC)=C(\CC)OCC. The molecule has 0 saturated carbocycles. The minimum absolute atomic E-state index is 0.298. The van der Waals surface area contributed by atoms with Crippen molar-refractivity contribution in [1.29, 1.82) is 0 Å². The molecule has 0 aliphatic heterocycles. The van der Waals surface area contributed by atoms with Crippen molar-refractivity contribution >= 4 is 0 Å². The van der Waals surface area contributed by atoms with Crippen molar-refractivity contribution in [1.82, 2.24) is 0 Å². The Morgan fingerprint density at radius 2 is 1.05 bits per heavy atom. The van der Waals surface area contributed by atoms with E-state index in [0.717, 1.165) is 0 Å². The highest BCUT2D eigenvalue weighted by Crippen LogP contribution is 2.20. The predicted octanol–water partition coefficient (Wildman–Crippen LogP) is 3.53. The van der Waals surface area contributed by atoms with Crippen molar-refractivity contribution in [3.63, 3.8) is 0 Å². The summed E-state index contributed by atoms with van der Waals surface area (Å²) in [6, 6.07) is 0. The van der Waals surface area contributed by atoms with Gasteiger partial charge in [0.1, 0.15) is 0 Å². The quantitative estimate of drug-likeness (QED) is 0.570. The van der Waals surface area contributed by atoms with Crippen LogP contribution in [0, 0.1) is 0 Å². The van der Waals surface area contributed by atoms with E-state index in [4.69, 9.17) is 23.7 Å². The summed E-state index contributed by atoms with van der Waals surface area (Å²) in [6.45, 7) is 8.86. The molecule has 0 aromatic carbocycles. The molecule has 0 radical (unpaired) electrons. The maximum atomic E-state index is 5.62. The molecule has 0 rings (SSSR count). The van der Waals surface area contributed by atoms with E-state index in [-0.39, 0.29) is 0 Å². The van der Waals surface area contributed by atoms with Crippen LogP contribution in [0.15, 0.2) is 23.4 Å². The van der Waals surface area contributed by atoms with Crippen LogP contribution in [0.25, 0.3) is 0 Å². The number of hydrogen-bond acceptors (Lipinski definition) is 5. The van der Waals surface area contributed by atoms with E-state index in [1.165, 1.54) is 14.2 Å². The highest BCUT2D eigenvalue weighted by atomic mass is 16.8. The smallest absolute Gasteiger partial charge is 0.326 e. The van der Waals surface area contributed by atoms with E-state index in [2.05, 4.69) is 0 Å². The van der Waals surface area contributed by atoms with Gasteiger partial charge in [-0.3, -0.25) is 0 Å². The normalized spacial score (nSPS) is 13.2. The van der Waals surface area contributed by atoms with Crippen LogP contribution in [0.4, 0.5) is 0 Å². The van der Waals surface area contributed by atoms with E-state index >= 15 is 0 Å². The summed E-state index contributed by atoms with van der Waals surface area (Å²) in [6.07, 6.45) is 1.34. The van der Waals surface area contributed by atoms with Gasteiger partial charge < -0.3 is 23.7 Å². The summed E-state index contributed by atoms with van der Waals surface area (Å²) in [5.41, 5.74) is 0. The number of methoxy groups -OCH3 is 2. The van der Waals surface area contributed by atoms with Gasteiger partial charge in [0, 0.05) is 12.8 Å². The van der Waals surface area contributed by atoms with Crippen molar-refractivity contribution < 1.29 is 23.7 Å². The Morgan fingerprint density at radius 1 is 0.684 bits per heavy atom. The Balaban J connectivity index is 5.19. The lowest BCUT2D eigenvalue weighted by atomic mass is 10.4. The van der Waals surface area contributed by atoms with E-state index < -0.39 is 0 Å². The first-order valence-electron chi connectivity index (χ1n) is 6.65. The zero-order valence-corrected chi connectivity index (χ0v) is 12.9. The zero-order chi connectivity index (χ0) is 14.7. The predicted molar refractivity (Wildman–Crippen MR) is 73.0 cm³/mol. The number of allylic oxidation sites excluding steroid dienone is 2.